The molecule has 1 amide bonds. The Bertz CT molecular complexity index is 711. The Morgan fingerprint density at radius 3 is 2.78 bits per heavy atom. The molecule has 2 aromatic rings. The van der Waals surface area contributed by atoms with Crippen LogP contribution in [0.5, 0.6) is 0 Å². The van der Waals surface area contributed by atoms with Gasteiger partial charge in [0.25, 0.3) is 5.89 Å². The molecule has 3 rings (SSSR count). The normalized spacial score (nSPS) is 21.6. The van der Waals surface area contributed by atoms with Gasteiger partial charge in [-0.3, -0.25) is 4.79 Å². The lowest BCUT2D eigenvalue weighted by Gasteiger charge is -2.35. The van der Waals surface area contributed by atoms with Crippen molar-refractivity contribution in [1.82, 2.24) is 14.7 Å². The summed E-state index contributed by atoms with van der Waals surface area (Å²) in [6, 6.07) is 3.70. The first-order valence-corrected chi connectivity index (χ1v) is 8.46. The minimum atomic E-state index is -0.537. The van der Waals surface area contributed by atoms with Gasteiger partial charge in [0.15, 0.2) is 0 Å². The lowest BCUT2D eigenvalue weighted by Crippen LogP contribution is -2.48. The summed E-state index contributed by atoms with van der Waals surface area (Å²) >= 11 is 1.45. The molecule has 3 heterocycles. The van der Waals surface area contributed by atoms with Crippen LogP contribution in [-0.2, 0) is 16.1 Å². The fourth-order valence-electron chi connectivity index (χ4n) is 2.69. The maximum Gasteiger partial charge on any atom is 0.437 e. The van der Waals surface area contributed by atoms with Crippen molar-refractivity contribution in [1.29, 1.82) is 0 Å². The van der Waals surface area contributed by atoms with Gasteiger partial charge < -0.3 is 14.1 Å². The minimum Gasteiger partial charge on any atom is -0.387 e. The molecular formula is C15H19N3O4S. The average Bonchev–Trinajstić information content (AvgIpc) is 3.13. The summed E-state index contributed by atoms with van der Waals surface area (Å²) in [7, 11) is 0. The van der Waals surface area contributed by atoms with Gasteiger partial charge in [-0.15, -0.1) is 16.4 Å². The molecule has 0 aromatic carbocycles. The molecule has 23 heavy (non-hydrogen) atoms. The third-order valence-electron chi connectivity index (χ3n) is 3.65. The summed E-state index contributed by atoms with van der Waals surface area (Å²) in [4.78, 5) is 26.7. The lowest BCUT2D eigenvalue weighted by atomic mass is 10.2. The van der Waals surface area contributed by atoms with Gasteiger partial charge in [0, 0.05) is 19.5 Å². The molecule has 0 N–H and O–H groups in total. The van der Waals surface area contributed by atoms with Gasteiger partial charge in [-0.05, 0) is 25.3 Å². The number of carbonyl (C=O) groups is 1. The number of ether oxygens (including phenoxy) is 1. The first-order valence-electron chi connectivity index (χ1n) is 7.58. The molecule has 1 aliphatic rings. The molecule has 0 spiro atoms. The number of aryl methyl sites for hydroxylation is 1. The highest BCUT2D eigenvalue weighted by Gasteiger charge is 2.25. The standard InChI is InChI=1S/C15H19N3O4S/c1-10-8-17(9-11(2)21-10)13(19)5-6-18-15(20)22-14(16-18)12-4-3-7-23-12/h3-4,7,10-11H,5-6,8-9H2,1-2H3/t10-,11-/m0/s1. The Hall–Kier alpha value is -1.93. The number of thiophene rings is 1. The fourth-order valence-corrected chi connectivity index (χ4v) is 3.33. The van der Waals surface area contributed by atoms with Gasteiger partial charge in [-0.1, -0.05) is 6.07 Å². The Morgan fingerprint density at radius 1 is 1.39 bits per heavy atom. The molecule has 0 aliphatic carbocycles. The summed E-state index contributed by atoms with van der Waals surface area (Å²) in [5.41, 5.74) is 0. The van der Waals surface area contributed by atoms with Crippen LogP contribution >= 0.6 is 11.3 Å². The van der Waals surface area contributed by atoms with Gasteiger partial charge in [0.05, 0.1) is 23.6 Å². The number of rotatable bonds is 4. The van der Waals surface area contributed by atoms with Gasteiger partial charge in [0.2, 0.25) is 5.91 Å². The number of carbonyl (C=O) groups excluding carboxylic acids is 1. The molecule has 0 radical (unpaired) electrons. The molecular weight excluding hydrogens is 318 g/mol. The Kier molecular flexibility index (Phi) is 4.63. The van der Waals surface area contributed by atoms with Crippen LogP contribution in [0.25, 0.3) is 10.8 Å². The van der Waals surface area contributed by atoms with E-state index in [9.17, 15) is 9.59 Å². The summed E-state index contributed by atoms with van der Waals surface area (Å²) in [5, 5.41) is 6.04. The molecule has 2 aromatic heterocycles. The Labute approximate surface area is 137 Å². The van der Waals surface area contributed by atoms with E-state index >= 15 is 0 Å². The van der Waals surface area contributed by atoms with E-state index in [1.54, 1.807) is 4.90 Å². The van der Waals surface area contributed by atoms with Crippen LogP contribution in [0.1, 0.15) is 20.3 Å². The molecule has 1 aliphatic heterocycles. The van der Waals surface area contributed by atoms with Crippen molar-refractivity contribution >= 4 is 17.2 Å². The van der Waals surface area contributed by atoms with Crippen LogP contribution in [0.3, 0.4) is 0 Å². The monoisotopic (exact) mass is 337 g/mol. The number of amides is 1. The quantitative estimate of drug-likeness (QED) is 0.847. The van der Waals surface area contributed by atoms with E-state index in [0.29, 0.717) is 19.0 Å². The van der Waals surface area contributed by atoms with Crippen molar-refractivity contribution in [2.45, 2.75) is 39.0 Å². The summed E-state index contributed by atoms with van der Waals surface area (Å²) < 4.78 is 12.0. The van der Waals surface area contributed by atoms with Crippen LogP contribution in [-0.4, -0.2) is 45.9 Å². The molecule has 1 saturated heterocycles. The molecule has 8 heteroatoms. The van der Waals surface area contributed by atoms with Crippen molar-refractivity contribution in [2.24, 2.45) is 0 Å². The maximum absolute atomic E-state index is 12.3. The minimum absolute atomic E-state index is 0.000395. The first kappa shape index (κ1) is 15.9. The Balaban J connectivity index is 1.62. The third-order valence-corrected chi connectivity index (χ3v) is 4.51. The van der Waals surface area contributed by atoms with Gasteiger partial charge in [-0.2, -0.15) is 4.68 Å². The topological polar surface area (TPSA) is 77.6 Å². The zero-order chi connectivity index (χ0) is 16.4. The van der Waals surface area contributed by atoms with Crippen molar-refractivity contribution in [3.8, 4) is 10.8 Å². The smallest absolute Gasteiger partial charge is 0.387 e. The molecule has 124 valence electrons. The third kappa shape index (κ3) is 3.70. The first-order chi connectivity index (χ1) is 11.0. The summed E-state index contributed by atoms with van der Waals surface area (Å²) in [6.07, 6.45) is 0.279. The largest absolute Gasteiger partial charge is 0.437 e. The van der Waals surface area contributed by atoms with Gasteiger partial charge >= 0.3 is 5.76 Å². The van der Waals surface area contributed by atoms with E-state index in [4.69, 9.17) is 9.15 Å². The maximum atomic E-state index is 12.3. The van der Waals surface area contributed by atoms with E-state index < -0.39 is 5.76 Å². The van der Waals surface area contributed by atoms with Crippen LogP contribution in [0.4, 0.5) is 0 Å². The second kappa shape index (κ2) is 6.67. The molecule has 1 fully saturated rings. The zero-order valence-electron chi connectivity index (χ0n) is 13.1. The van der Waals surface area contributed by atoms with Crippen LogP contribution < -0.4 is 5.76 Å². The van der Waals surface area contributed by atoms with E-state index in [-0.39, 0.29) is 31.1 Å². The highest BCUT2D eigenvalue weighted by atomic mass is 32.1. The van der Waals surface area contributed by atoms with Gasteiger partial charge in [0.1, 0.15) is 0 Å². The van der Waals surface area contributed by atoms with Crippen molar-refractivity contribution in [3.63, 3.8) is 0 Å². The number of hydrogen-bond acceptors (Lipinski definition) is 6. The number of aromatic nitrogens is 2. The van der Waals surface area contributed by atoms with Crippen molar-refractivity contribution < 1.29 is 13.9 Å². The van der Waals surface area contributed by atoms with E-state index in [1.807, 2.05) is 31.4 Å². The van der Waals surface area contributed by atoms with E-state index in [0.717, 1.165) is 4.88 Å². The summed E-state index contributed by atoms with van der Waals surface area (Å²) in [5.74, 6) is -0.240. The summed E-state index contributed by atoms with van der Waals surface area (Å²) in [6.45, 7) is 5.28. The van der Waals surface area contributed by atoms with Crippen LogP contribution in [0, 0.1) is 0 Å². The SMILES string of the molecule is C[C@H]1CN(C(=O)CCn2nc(-c3cccs3)oc2=O)C[C@H](C)O1. The van der Waals surface area contributed by atoms with Crippen molar-refractivity contribution in [3.05, 3.63) is 28.1 Å². The molecule has 7 nitrogen and oxygen atoms in total. The molecule has 0 saturated carbocycles. The highest BCUT2D eigenvalue weighted by Crippen LogP contribution is 2.21. The second-order valence-electron chi connectivity index (χ2n) is 5.68. The van der Waals surface area contributed by atoms with E-state index in [1.165, 1.54) is 16.0 Å². The fraction of sp³-hybridized carbons (Fsp3) is 0.533. The number of morpholine rings is 1. The highest BCUT2D eigenvalue weighted by molar-refractivity contribution is 7.13. The Morgan fingerprint density at radius 2 is 2.13 bits per heavy atom. The molecule has 0 bridgehead atoms. The van der Waals surface area contributed by atoms with E-state index in [2.05, 4.69) is 5.10 Å². The predicted octanol–water partition coefficient (Wildman–Crippen LogP) is 1.59. The van der Waals surface area contributed by atoms with Crippen LogP contribution in [0.15, 0.2) is 26.7 Å². The average molecular weight is 337 g/mol. The molecule has 0 unspecified atom stereocenters. The molecule has 2 atom stereocenters. The zero-order valence-corrected chi connectivity index (χ0v) is 13.9. The van der Waals surface area contributed by atoms with Gasteiger partial charge in [-0.25, -0.2) is 4.79 Å². The van der Waals surface area contributed by atoms with Crippen molar-refractivity contribution in [2.75, 3.05) is 13.1 Å². The lowest BCUT2D eigenvalue weighted by molar-refractivity contribution is -0.143. The van der Waals surface area contributed by atoms with Crippen LogP contribution in [0.2, 0.25) is 0 Å². The number of hydrogen-bond donors (Lipinski definition) is 0. The second-order valence-corrected chi connectivity index (χ2v) is 6.63. The predicted molar refractivity (Wildman–Crippen MR) is 85.3 cm³/mol. The number of nitrogens with zero attached hydrogens (tertiary/aromatic N) is 3.